The summed E-state index contributed by atoms with van der Waals surface area (Å²) in [5, 5.41) is 0. The van der Waals surface area contributed by atoms with E-state index >= 15 is 0 Å². The number of unbranched alkanes of at least 4 members (excludes halogenated alkanes) is 30. The van der Waals surface area contributed by atoms with E-state index in [1.165, 1.54) is 204 Å². The first-order chi connectivity index (χ1) is 23.7. The predicted octanol–water partition coefficient (Wildman–Crippen LogP) is 12.7. The molecule has 0 aliphatic carbocycles. The molecule has 0 fully saturated rings. The fourth-order valence-electron chi connectivity index (χ4n) is 6.07. The van der Waals surface area contributed by atoms with Gasteiger partial charge in [0.2, 0.25) is 0 Å². The number of carbonyl (C=O) groups excluding carboxylic acids is 2. The van der Waals surface area contributed by atoms with Crippen molar-refractivity contribution in [3.63, 3.8) is 0 Å². The molecular weight excluding hydrogens is 596 g/mol. The van der Waals surface area contributed by atoms with Crippen molar-refractivity contribution >= 4 is 11.9 Å². The van der Waals surface area contributed by atoms with Crippen LogP contribution in [0.15, 0.2) is 24.3 Å². The van der Waals surface area contributed by atoms with Gasteiger partial charge in [-0.05, 0) is 25.0 Å². The number of hydroxylamine groups is 2. The minimum absolute atomic E-state index is 0.480. The number of allylic oxidation sites excluding steroid dienone is 2. The molecule has 6 nitrogen and oxygen atoms in total. The Labute approximate surface area is 298 Å². The van der Waals surface area contributed by atoms with E-state index in [4.69, 9.17) is 9.68 Å². The highest BCUT2D eigenvalue weighted by atomic mass is 16.7. The Balaban J connectivity index is 3.37. The molecule has 2 N–H and O–H groups in total. The number of carbonyl (C=O) groups is 2. The summed E-state index contributed by atoms with van der Waals surface area (Å²) in [6, 6.07) is 0. The molecule has 0 atom stereocenters. The van der Waals surface area contributed by atoms with Crippen molar-refractivity contribution in [1.82, 2.24) is 11.0 Å². The standard InChI is InChI=1S/C42H80N2O4/c1-3-5-7-9-11-13-15-17-19-21-23-25-27-29-31-35-39-43-47-41(45)37-33-34-38-42(46)48-44-40-36-32-30-28-26-24-22-20-18-16-14-12-10-8-6-4-2/h33-34,37-38,43-44H,3-32,35-36,39-40H2,1-2H3/q+2/b37-33-,38-34+. The molecule has 280 valence electrons. The van der Waals surface area contributed by atoms with Crippen LogP contribution in [0.4, 0.5) is 0 Å². The molecule has 0 rings (SSSR count). The van der Waals surface area contributed by atoms with Crippen LogP contribution in [0.1, 0.15) is 219 Å². The second-order valence-corrected chi connectivity index (χ2v) is 14.0. The zero-order valence-corrected chi connectivity index (χ0v) is 32.0. The zero-order valence-electron chi connectivity index (χ0n) is 32.0. The lowest BCUT2D eigenvalue weighted by molar-refractivity contribution is -0.145. The second kappa shape index (κ2) is 41.5. The first-order valence-corrected chi connectivity index (χ1v) is 20.9. The lowest BCUT2D eigenvalue weighted by Gasteiger charge is -2.03. The normalized spacial score (nSPS) is 11.6. The van der Waals surface area contributed by atoms with E-state index < -0.39 is 11.9 Å². The lowest BCUT2D eigenvalue weighted by Crippen LogP contribution is -2.19. The Morgan fingerprint density at radius 3 is 0.792 bits per heavy atom. The van der Waals surface area contributed by atoms with Crippen LogP contribution in [0.5, 0.6) is 0 Å². The van der Waals surface area contributed by atoms with Crippen LogP contribution in [0.3, 0.4) is 0 Å². The van der Waals surface area contributed by atoms with Crippen LogP contribution >= 0.6 is 0 Å². The molecule has 0 aromatic heterocycles. The fourth-order valence-corrected chi connectivity index (χ4v) is 6.07. The number of nitrogens with one attached hydrogen (secondary N) is 2. The highest BCUT2D eigenvalue weighted by Gasteiger charge is 2.13. The fraction of sp³-hybridized carbons (Fsp3) is 0.857. The largest absolute Gasteiger partial charge is 0.623 e. The maximum absolute atomic E-state index is 11.8. The molecule has 48 heavy (non-hydrogen) atoms. The van der Waals surface area contributed by atoms with E-state index in [0.29, 0.717) is 13.1 Å². The Hall–Kier alpha value is -1.66. The molecule has 0 bridgehead atoms. The molecule has 0 unspecified atom stereocenters. The van der Waals surface area contributed by atoms with Gasteiger partial charge < -0.3 is 0 Å². The molecule has 0 saturated carbocycles. The van der Waals surface area contributed by atoms with Crippen LogP contribution in [0.25, 0.3) is 0 Å². The molecular formula is C42H80N2O4+2. The van der Waals surface area contributed by atoms with Gasteiger partial charge in [-0.2, -0.15) is 9.68 Å². The molecule has 0 aromatic carbocycles. The third-order valence-corrected chi connectivity index (χ3v) is 9.19. The third-order valence-electron chi connectivity index (χ3n) is 9.19. The number of hydrogen-bond acceptors (Lipinski definition) is 6. The summed E-state index contributed by atoms with van der Waals surface area (Å²) in [6.07, 6.45) is 48.4. The Morgan fingerprint density at radius 1 is 0.354 bits per heavy atom. The average molecular weight is 677 g/mol. The summed E-state index contributed by atoms with van der Waals surface area (Å²) in [6.45, 7) is 5.87. The van der Waals surface area contributed by atoms with Gasteiger partial charge in [-0.3, -0.25) is 0 Å². The first kappa shape index (κ1) is 46.3. The zero-order chi connectivity index (χ0) is 34.9. The van der Waals surface area contributed by atoms with Crippen LogP contribution in [-0.4, -0.2) is 25.0 Å². The molecule has 0 aromatic rings. The minimum Gasteiger partial charge on any atom is -0.195 e. The van der Waals surface area contributed by atoms with Crippen LogP contribution in [0, 0.1) is 0 Å². The van der Waals surface area contributed by atoms with Crippen LogP contribution in [0.2, 0.25) is 0 Å². The van der Waals surface area contributed by atoms with Gasteiger partial charge in [0.15, 0.2) is 0 Å². The second-order valence-electron chi connectivity index (χ2n) is 14.0. The first-order valence-electron chi connectivity index (χ1n) is 20.9. The van der Waals surface area contributed by atoms with Gasteiger partial charge in [-0.1, -0.05) is 217 Å². The summed E-state index contributed by atoms with van der Waals surface area (Å²) in [4.78, 5) is 33.6. The van der Waals surface area contributed by atoms with Crippen LogP contribution in [-0.2, 0) is 19.3 Å². The molecule has 0 aliphatic rings. The quantitative estimate of drug-likeness (QED) is 0.0222. The van der Waals surface area contributed by atoms with Gasteiger partial charge in [-0.25, -0.2) is 0 Å². The van der Waals surface area contributed by atoms with Crippen molar-refractivity contribution in [2.24, 2.45) is 0 Å². The van der Waals surface area contributed by atoms with E-state index in [1.54, 1.807) is 0 Å². The number of rotatable bonds is 39. The molecule has 0 spiro atoms. The van der Waals surface area contributed by atoms with Gasteiger partial charge in [0, 0.05) is 0 Å². The van der Waals surface area contributed by atoms with Crippen molar-refractivity contribution in [3.8, 4) is 0 Å². The summed E-state index contributed by atoms with van der Waals surface area (Å²) in [7, 11) is 0. The average Bonchev–Trinajstić information content (AvgIpc) is 3.09. The predicted molar refractivity (Wildman–Crippen MR) is 206 cm³/mol. The van der Waals surface area contributed by atoms with E-state index in [-0.39, 0.29) is 0 Å². The molecule has 0 aliphatic heterocycles. The SMILES string of the molecule is CCCCCCCCCCCCCCCCCCNOC(=[O+])/C=C\C=C\C(=[O+])ONCCCCCCCCCCCCCCCCCC. The summed E-state index contributed by atoms with van der Waals surface area (Å²) < 4.78 is 0. The monoisotopic (exact) mass is 677 g/mol. The van der Waals surface area contributed by atoms with Gasteiger partial charge in [0.25, 0.3) is 0 Å². The van der Waals surface area contributed by atoms with Crippen LogP contribution < -0.4 is 11.0 Å². The van der Waals surface area contributed by atoms with Gasteiger partial charge >= 0.3 is 11.9 Å². The minimum atomic E-state index is -0.480. The van der Waals surface area contributed by atoms with Crippen molar-refractivity contribution in [1.29, 1.82) is 0 Å². The maximum Gasteiger partial charge on any atom is 0.623 e. The van der Waals surface area contributed by atoms with Gasteiger partial charge in [0.05, 0.1) is 34.8 Å². The lowest BCUT2D eigenvalue weighted by atomic mass is 10.0. The highest BCUT2D eigenvalue weighted by molar-refractivity contribution is 5.84. The molecule has 2 radical (unpaired) electrons. The van der Waals surface area contributed by atoms with Crippen molar-refractivity contribution in [2.75, 3.05) is 13.1 Å². The topological polar surface area (TPSA) is 82.3 Å². The van der Waals surface area contributed by atoms with Crippen molar-refractivity contribution < 1.29 is 19.3 Å². The summed E-state index contributed by atoms with van der Waals surface area (Å²) in [5.74, 6) is -0.961. The summed E-state index contributed by atoms with van der Waals surface area (Å²) >= 11 is 0. The van der Waals surface area contributed by atoms with Crippen molar-refractivity contribution in [3.05, 3.63) is 24.3 Å². The Morgan fingerprint density at radius 2 is 0.562 bits per heavy atom. The number of hydrogen-bond donors (Lipinski definition) is 2. The molecule has 0 heterocycles. The van der Waals surface area contributed by atoms with Gasteiger partial charge in [-0.15, -0.1) is 0 Å². The van der Waals surface area contributed by atoms with E-state index in [9.17, 15) is 9.59 Å². The smallest absolute Gasteiger partial charge is 0.195 e. The van der Waals surface area contributed by atoms with E-state index in [2.05, 4.69) is 24.8 Å². The highest BCUT2D eigenvalue weighted by Crippen LogP contribution is 2.15. The molecule has 6 heteroatoms. The molecule has 0 amide bonds. The van der Waals surface area contributed by atoms with Gasteiger partial charge in [0.1, 0.15) is 0 Å². The van der Waals surface area contributed by atoms with Crippen molar-refractivity contribution in [2.45, 2.75) is 219 Å². The molecule has 0 saturated heterocycles. The van der Waals surface area contributed by atoms with E-state index in [1.807, 2.05) is 0 Å². The maximum atomic E-state index is 11.8. The third kappa shape index (κ3) is 40.5. The Kier molecular flexibility index (Phi) is 40.1. The summed E-state index contributed by atoms with van der Waals surface area (Å²) in [5.41, 5.74) is 5.47. The van der Waals surface area contributed by atoms with E-state index in [0.717, 1.165) is 25.7 Å². The Bertz CT molecular complexity index is 664.